The van der Waals surface area contributed by atoms with Gasteiger partial charge in [-0.15, -0.1) is 0 Å². The summed E-state index contributed by atoms with van der Waals surface area (Å²) < 4.78 is 0. The minimum absolute atomic E-state index is 0.620. The van der Waals surface area contributed by atoms with Crippen LogP contribution >= 0.6 is 0 Å². The molecular formula is C37H35N7. The Kier molecular flexibility index (Phi) is 8.19. The third kappa shape index (κ3) is 6.08. The smallest absolute Gasteiger partial charge is 0.164 e. The number of aromatic nitrogens is 3. The highest BCUT2D eigenvalue weighted by molar-refractivity contribution is 5.79. The van der Waals surface area contributed by atoms with E-state index < -0.39 is 0 Å². The normalized spacial score (nSPS) is 10.7. The van der Waals surface area contributed by atoms with E-state index >= 15 is 0 Å². The molecule has 7 heteroatoms. The van der Waals surface area contributed by atoms with Gasteiger partial charge in [-0.1, -0.05) is 66.7 Å². The Balaban J connectivity index is 1.47. The molecule has 0 atom stereocenters. The molecule has 0 unspecified atom stereocenters. The average molecular weight is 578 g/mol. The number of hydrogen-bond acceptors (Lipinski definition) is 7. The zero-order valence-corrected chi connectivity index (χ0v) is 25.3. The van der Waals surface area contributed by atoms with E-state index in [-0.39, 0.29) is 0 Å². The molecule has 0 saturated carbocycles. The van der Waals surface area contributed by atoms with Gasteiger partial charge in [0, 0.05) is 67.6 Å². The third-order valence-corrected chi connectivity index (χ3v) is 7.60. The van der Waals surface area contributed by atoms with Gasteiger partial charge in [-0.25, -0.2) is 15.0 Å². The minimum atomic E-state index is 0.620. The van der Waals surface area contributed by atoms with Crippen molar-refractivity contribution < 1.29 is 0 Å². The maximum absolute atomic E-state index is 5.03. The van der Waals surface area contributed by atoms with Gasteiger partial charge < -0.3 is 21.3 Å². The molecule has 0 fully saturated rings. The molecule has 0 aliphatic carbocycles. The highest BCUT2D eigenvalue weighted by atomic mass is 15.0. The van der Waals surface area contributed by atoms with Crippen LogP contribution in [-0.4, -0.2) is 43.1 Å². The zero-order chi connectivity index (χ0) is 30.5. The van der Waals surface area contributed by atoms with E-state index in [0.29, 0.717) is 17.5 Å². The van der Waals surface area contributed by atoms with Gasteiger partial charge in [0.2, 0.25) is 0 Å². The van der Waals surface area contributed by atoms with Gasteiger partial charge in [0.1, 0.15) is 0 Å². The van der Waals surface area contributed by atoms with E-state index in [1.807, 2.05) is 58.5 Å². The van der Waals surface area contributed by atoms with E-state index in [4.69, 9.17) is 15.0 Å². The topological polar surface area (TPSA) is 86.8 Å². The molecule has 5 aromatic carbocycles. The Hall–Kier alpha value is -5.69. The van der Waals surface area contributed by atoms with Crippen LogP contribution in [0.4, 0.5) is 22.7 Å². The monoisotopic (exact) mass is 577 g/mol. The van der Waals surface area contributed by atoms with Crippen LogP contribution in [0, 0.1) is 0 Å². The molecule has 0 aliphatic rings. The van der Waals surface area contributed by atoms with Gasteiger partial charge in [0.05, 0.1) is 0 Å². The highest BCUT2D eigenvalue weighted by Crippen LogP contribution is 2.33. The minimum Gasteiger partial charge on any atom is -0.388 e. The molecule has 6 aromatic rings. The summed E-state index contributed by atoms with van der Waals surface area (Å²) in [6.45, 7) is 0. The summed E-state index contributed by atoms with van der Waals surface area (Å²) in [4.78, 5) is 15.0. The van der Waals surface area contributed by atoms with Gasteiger partial charge in [0.25, 0.3) is 0 Å². The maximum Gasteiger partial charge on any atom is 0.164 e. The highest BCUT2D eigenvalue weighted by Gasteiger charge is 2.14. The second-order valence-corrected chi connectivity index (χ2v) is 10.4. The van der Waals surface area contributed by atoms with Gasteiger partial charge in [-0.3, -0.25) is 0 Å². The lowest BCUT2D eigenvalue weighted by Crippen LogP contribution is -2.00. The second-order valence-electron chi connectivity index (χ2n) is 10.4. The van der Waals surface area contributed by atoms with E-state index in [9.17, 15) is 0 Å². The van der Waals surface area contributed by atoms with Gasteiger partial charge in [0.15, 0.2) is 17.5 Å². The first-order valence-electron chi connectivity index (χ1n) is 14.6. The lowest BCUT2D eigenvalue weighted by atomic mass is 10.0. The van der Waals surface area contributed by atoms with Crippen LogP contribution in [0.2, 0.25) is 0 Å². The van der Waals surface area contributed by atoms with Crippen molar-refractivity contribution in [2.24, 2.45) is 0 Å². The van der Waals surface area contributed by atoms with Crippen molar-refractivity contribution in [3.8, 4) is 56.4 Å². The molecule has 0 spiro atoms. The Morgan fingerprint density at radius 2 is 0.659 bits per heavy atom. The van der Waals surface area contributed by atoms with Crippen molar-refractivity contribution in [3.05, 3.63) is 115 Å². The standard InChI is InChI=1S/C37H35N7/c1-38-31-18-29(19-32(22-31)39-2)25-12-8-14-27(16-25)36-42-35(24-10-6-5-7-11-24)43-37(44-36)28-15-9-13-26(17-28)30-20-33(40-3)23-34(21-30)41-4/h5-23,38-41H,1-4H3. The molecule has 1 heterocycles. The number of rotatable bonds is 9. The molecular weight excluding hydrogens is 542 g/mol. The Morgan fingerprint density at radius 3 is 1.05 bits per heavy atom. The zero-order valence-electron chi connectivity index (χ0n) is 25.3. The number of anilines is 4. The molecule has 218 valence electrons. The fraction of sp³-hybridized carbons (Fsp3) is 0.108. The van der Waals surface area contributed by atoms with E-state index in [1.165, 1.54) is 0 Å². The predicted octanol–water partition coefficient (Wildman–Crippen LogP) is 8.37. The van der Waals surface area contributed by atoms with Crippen LogP contribution in [0.15, 0.2) is 115 Å². The fourth-order valence-corrected chi connectivity index (χ4v) is 5.19. The molecule has 44 heavy (non-hydrogen) atoms. The lowest BCUT2D eigenvalue weighted by Gasteiger charge is -2.13. The molecule has 0 amide bonds. The van der Waals surface area contributed by atoms with E-state index in [2.05, 4.69) is 106 Å². The summed E-state index contributed by atoms with van der Waals surface area (Å²) in [7, 11) is 7.72. The summed E-state index contributed by atoms with van der Waals surface area (Å²) in [5, 5.41) is 13.0. The number of hydrogen-bond donors (Lipinski definition) is 4. The summed E-state index contributed by atoms with van der Waals surface area (Å²) in [5.74, 6) is 1.87. The number of benzene rings is 5. The van der Waals surface area contributed by atoms with Crippen molar-refractivity contribution in [2.75, 3.05) is 49.5 Å². The molecule has 0 bridgehead atoms. The van der Waals surface area contributed by atoms with Gasteiger partial charge >= 0.3 is 0 Å². The summed E-state index contributed by atoms with van der Waals surface area (Å²) in [6, 6.07) is 39.5. The second kappa shape index (κ2) is 12.7. The number of nitrogens with one attached hydrogen (secondary N) is 4. The summed E-state index contributed by atoms with van der Waals surface area (Å²) in [5.41, 5.74) is 11.3. The van der Waals surface area contributed by atoms with Crippen LogP contribution in [0.1, 0.15) is 0 Å². The first-order valence-corrected chi connectivity index (χ1v) is 14.6. The molecule has 1 aromatic heterocycles. The van der Waals surface area contributed by atoms with Crippen molar-refractivity contribution in [2.45, 2.75) is 0 Å². The molecule has 7 nitrogen and oxygen atoms in total. The molecule has 0 radical (unpaired) electrons. The first-order chi connectivity index (χ1) is 21.6. The van der Waals surface area contributed by atoms with Crippen molar-refractivity contribution >= 4 is 22.7 Å². The average Bonchev–Trinajstić information content (AvgIpc) is 3.11. The lowest BCUT2D eigenvalue weighted by molar-refractivity contribution is 1.07. The molecule has 4 N–H and O–H groups in total. The van der Waals surface area contributed by atoms with Gasteiger partial charge in [-0.2, -0.15) is 0 Å². The van der Waals surface area contributed by atoms with Gasteiger partial charge in [-0.05, 0) is 70.8 Å². The fourth-order valence-electron chi connectivity index (χ4n) is 5.19. The van der Waals surface area contributed by atoms with Crippen LogP contribution in [0.25, 0.3) is 56.4 Å². The predicted molar refractivity (Wildman–Crippen MR) is 185 cm³/mol. The van der Waals surface area contributed by atoms with E-state index in [1.54, 1.807) is 0 Å². The molecule has 0 aliphatic heterocycles. The number of nitrogens with zero attached hydrogens (tertiary/aromatic N) is 3. The molecule has 0 saturated heterocycles. The van der Waals surface area contributed by atoms with Crippen molar-refractivity contribution in [1.29, 1.82) is 0 Å². The molecule has 6 rings (SSSR count). The van der Waals surface area contributed by atoms with E-state index in [0.717, 1.165) is 61.7 Å². The quantitative estimate of drug-likeness (QED) is 0.137. The van der Waals surface area contributed by atoms with Crippen LogP contribution < -0.4 is 21.3 Å². The largest absolute Gasteiger partial charge is 0.388 e. The Bertz CT molecular complexity index is 1760. The SMILES string of the molecule is CNc1cc(NC)cc(-c2cccc(-c3nc(-c4ccccc4)nc(-c4cccc(-c5cc(NC)cc(NC)c5)c4)n3)c2)c1. The van der Waals surface area contributed by atoms with Crippen molar-refractivity contribution in [1.82, 2.24) is 15.0 Å². The van der Waals surface area contributed by atoms with Crippen molar-refractivity contribution in [3.63, 3.8) is 0 Å². The first kappa shape index (κ1) is 28.4. The Labute approximate surface area is 258 Å². The maximum atomic E-state index is 5.03. The van der Waals surface area contributed by atoms with Crippen LogP contribution in [-0.2, 0) is 0 Å². The third-order valence-electron chi connectivity index (χ3n) is 7.60. The summed E-state index contributed by atoms with van der Waals surface area (Å²) >= 11 is 0. The van der Waals surface area contributed by atoms with Crippen LogP contribution in [0.3, 0.4) is 0 Å². The Morgan fingerprint density at radius 1 is 0.318 bits per heavy atom. The summed E-state index contributed by atoms with van der Waals surface area (Å²) in [6.07, 6.45) is 0. The van der Waals surface area contributed by atoms with Crippen LogP contribution in [0.5, 0.6) is 0 Å².